The fraction of sp³-hybridized carbons (Fsp3) is 0.176. The Hall–Kier alpha value is -2.60. The largest absolute Gasteiger partial charge is 0.454 e. The van der Waals surface area contributed by atoms with Crippen molar-refractivity contribution in [2.45, 2.75) is 6.92 Å². The molecular formula is C17H15N3O2S. The second-order valence-corrected chi connectivity index (χ2v) is 6.27. The van der Waals surface area contributed by atoms with Crippen LogP contribution in [0.3, 0.4) is 0 Å². The van der Waals surface area contributed by atoms with Crippen molar-refractivity contribution in [1.29, 1.82) is 0 Å². The van der Waals surface area contributed by atoms with Gasteiger partial charge in [0.1, 0.15) is 0 Å². The van der Waals surface area contributed by atoms with E-state index in [1.54, 1.807) is 11.3 Å². The van der Waals surface area contributed by atoms with Gasteiger partial charge in [-0.1, -0.05) is 23.5 Å². The molecule has 2 heterocycles. The number of hydrogen-bond acceptors (Lipinski definition) is 5. The molecule has 0 aliphatic carbocycles. The fourth-order valence-corrected chi connectivity index (χ4v) is 3.44. The summed E-state index contributed by atoms with van der Waals surface area (Å²) in [6.07, 6.45) is 0. The number of nitrogens with zero attached hydrogens (tertiary/aromatic N) is 3. The van der Waals surface area contributed by atoms with Gasteiger partial charge in [-0.3, -0.25) is 0 Å². The van der Waals surface area contributed by atoms with Gasteiger partial charge < -0.3 is 14.0 Å². The molecule has 0 saturated heterocycles. The first-order valence-electron chi connectivity index (χ1n) is 7.25. The minimum atomic E-state index is 0.275. The van der Waals surface area contributed by atoms with Crippen molar-refractivity contribution in [3.8, 4) is 11.5 Å². The van der Waals surface area contributed by atoms with Gasteiger partial charge in [0.05, 0.1) is 15.9 Å². The number of fused-ring (bicyclic) bond motifs is 2. The molecule has 2 aromatic carbocycles. The van der Waals surface area contributed by atoms with Crippen molar-refractivity contribution < 1.29 is 9.47 Å². The van der Waals surface area contributed by atoms with Crippen molar-refractivity contribution in [1.82, 2.24) is 4.57 Å². The third kappa shape index (κ3) is 2.51. The first-order chi connectivity index (χ1) is 11.2. The third-order valence-corrected chi connectivity index (χ3v) is 4.89. The van der Waals surface area contributed by atoms with Gasteiger partial charge in [-0.25, -0.2) is 0 Å². The second kappa shape index (κ2) is 5.55. The summed E-state index contributed by atoms with van der Waals surface area (Å²) in [7, 11) is 2.00. The Kier molecular flexibility index (Phi) is 3.38. The van der Waals surface area contributed by atoms with Gasteiger partial charge in [0.25, 0.3) is 0 Å². The summed E-state index contributed by atoms with van der Waals surface area (Å²) in [6.45, 7) is 2.21. The lowest BCUT2D eigenvalue weighted by Crippen LogP contribution is -2.09. The Morgan fingerprint density at radius 3 is 2.83 bits per heavy atom. The van der Waals surface area contributed by atoms with Crippen LogP contribution >= 0.6 is 11.3 Å². The van der Waals surface area contributed by atoms with Crippen LogP contribution in [-0.2, 0) is 7.05 Å². The van der Waals surface area contributed by atoms with Gasteiger partial charge >= 0.3 is 0 Å². The minimum Gasteiger partial charge on any atom is -0.454 e. The maximum atomic E-state index is 5.40. The number of benzene rings is 2. The summed E-state index contributed by atoms with van der Waals surface area (Å²) in [4.78, 5) is 0.867. The molecule has 1 aliphatic heterocycles. The monoisotopic (exact) mass is 325 g/mol. The Morgan fingerprint density at radius 1 is 1.13 bits per heavy atom. The molecule has 6 heteroatoms. The highest BCUT2D eigenvalue weighted by molar-refractivity contribution is 7.16. The highest BCUT2D eigenvalue weighted by Crippen LogP contribution is 2.32. The van der Waals surface area contributed by atoms with E-state index in [0.29, 0.717) is 0 Å². The lowest BCUT2D eigenvalue weighted by atomic mass is 10.1. The van der Waals surface area contributed by atoms with Gasteiger partial charge in [-0.15, -0.1) is 5.10 Å². The van der Waals surface area contributed by atoms with Crippen LogP contribution in [0.25, 0.3) is 10.2 Å². The Balaban J connectivity index is 1.73. The number of rotatable bonds is 2. The van der Waals surface area contributed by atoms with Crippen LogP contribution in [-0.4, -0.2) is 17.1 Å². The normalized spacial score (nSPS) is 14.7. The molecule has 0 N–H and O–H groups in total. The minimum absolute atomic E-state index is 0.275. The summed E-state index contributed by atoms with van der Waals surface area (Å²) in [5.41, 5.74) is 2.97. The lowest BCUT2D eigenvalue weighted by molar-refractivity contribution is 0.174. The molecule has 0 spiro atoms. The van der Waals surface area contributed by atoms with Crippen LogP contribution < -0.4 is 14.3 Å². The van der Waals surface area contributed by atoms with E-state index in [2.05, 4.69) is 26.9 Å². The highest BCUT2D eigenvalue weighted by Gasteiger charge is 2.13. The fourth-order valence-electron chi connectivity index (χ4n) is 2.48. The van der Waals surface area contributed by atoms with Crippen LogP contribution in [0.5, 0.6) is 11.5 Å². The number of para-hydroxylation sites is 1. The van der Waals surface area contributed by atoms with Gasteiger partial charge in [-0.05, 0) is 37.3 Å². The molecule has 0 fully saturated rings. The molecule has 5 nitrogen and oxygen atoms in total. The van der Waals surface area contributed by atoms with E-state index in [9.17, 15) is 0 Å². The van der Waals surface area contributed by atoms with Crippen molar-refractivity contribution in [2.75, 3.05) is 6.79 Å². The second-order valence-electron chi connectivity index (χ2n) is 5.26. The van der Waals surface area contributed by atoms with Crippen molar-refractivity contribution in [3.63, 3.8) is 0 Å². The number of aryl methyl sites for hydroxylation is 1. The van der Waals surface area contributed by atoms with Gasteiger partial charge in [0.2, 0.25) is 11.6 Å². The average molecular weight is 325 g/mol. The molecule has 0 bridgehead atoms. The Labute approximate surface area is 137 Å². The molecule has 0 unspecified atom stereocenters. The molecule has 0 saturated carbocycles. The summed E-state index contributed by atoms with van der Waals surface area (Å²) in [5.74, 6) is 1.53. The first-order valence-corrected chi connectivity index (χ1v) is 8.07. The Morgan fingerprint density at radius 2 is 1.96 bits per heavy atom. The summed E-state index contributed by atoms with van der Waals surface area (Å²) >= 11 is 1.63. The molecule has 3 aromatic rings. The molecule has 0 atom stereocenters. The predicted molar refractivity (Wildman–Crippen MR) is 91.1 cm³/mol. The zero-order valence-corrected chi connectivity index (χ0v) is 13.6. The smallest absolute Gasteiger partial charge is 0.231 e. The quantitative estimate of drug-likeness (QED) is 0.536. The highest BCUT2D eigenvalue weighted by atomic mass is 32.1. The van der Waals surface area contributed by atoms with E-state index >= 15 is 0 Å². The summed E-state index contributed by atoms with van der Waals surface area (Å²) < 4.78 is 14.0. The maximum absolute atomic E-state index is 5.40. The van der Waals surface area contributed by atoms with E-state index in [-0.39, 0.29) is 6.79 Å². The number of ether oxygens (including phenoxy) is 2. The van der Waals surface area contributed by atoms with Crippen molar-refractivity contribution >= 4 is 27.3 Å². The predicted octanol–water partition coefficient (Wildman–Crippen LogP) is 3.29. The van der Waals surface area contributed by atoms with Crippen molar-refractivity contribution in [2.24, 2.45) is 17.3 Å². The molecule has 0 radical (unpaired) electrons. The third-order valence-electron chi connectivity index (χ3n) is 3.79. The molecule has 1 aromatic heterocycles. The number of aromatic nitrogens is 1. The Bertz CT molecular complexity index is 985. The van der Waals surface area contributed by atoms with E-state index in [1.165, 1.54) is 4.70 Å². The average Bonchev–Trinajstić information content (AvgIpc) is 3.17. The van der Waals surface area contributed by atoms with Crippen LogP contribution in [0.4, 0.5) is 0 Å². The van der Waals surface area contributed by atoms with E-state index in [4.69, 9.17) is 9.47 Å². The molecule has 0 amide bonds. The lowest BCUT2D eigenvalue weighted by Gasteiger charge is -2.00. The van der Waals surface area contributed by atoms with E-state index in [1.807, 2.05) is 44.3 Å². The van der Waals surface area contributed by atoms with E-state index in [0.717, 1.165) is 33.1 Å². The van der Waals surface area contributed by atoms with Crippen LogP contribution in [0, 0.1) is 0 Å². The zero-order chi connectivity index (χ0) is 15.8. The van der Waals surface area contributed by atoms with E-state index < -0.39 is 0 Å². The zero-order valence-electron chi connectivity index (χ0n) is 12.8. The summed E-state index contributed by atoms with van der Waals surface area (Å²) in [5, 5.41) is 8.79. The number of hydrogen-bond donors (Lipinski definition) is 0. The summed E-state index contributed by atoms with van der Waals surface area (Å²) in [6, 6.07) is 14.0. The first kappa shape index (κ1) is 14.0. The maximum Gasteiger partial charge on any atom is 0.231 e. The topological polar surface area (TPSA) is 48.1 Å². The molecule has 23 heavy (non-hydrogen) atoms. The van der Waals surface area contributed by atoms with Gasteiger partial charge in [0, 0.05) is 12.6 Å². The molecule has 4 rings (SSSR count). The van der Waals surface area contributed by atoms with Gasteiger partial charge in [-0.2, -0.15) is 5.10 Å². The molecule has 1 aliphatic rings. The molecule has 116 valence electrons. The molecular weight excluding hydrogens is 310 g/mol. The SMILES string of the molecule is CC(=NN=c1sc2ccccc2n1C)c1ccc2c(c1)OCO2. The standard InChI is InChI=1S/C17H15N3O2S/c1-11(12-7-8-14-15(9-12)22-10-21-14)18-19-17-20(2)13-5-3-4-6-16(13)23-17/h3-9H,10H2,1-2H3. The number of thiazole rings is 1. The van der Waals surface area contributed by atoms with Crippen LogP contribution in [0.2, 0.25) is 0 Å². The van der Waals surface area contributed by atoms with Crippen LogP contribution in [0.15, 0.2) is 52.7 Å². The van der Waals surface area contributed by atoms with Gasteiger partial charge in [0.15, 0.2) is 11.5 Å². The van der Waals surface area contributed by atoms with Crippen molar-refractivity contribution in [3.05, 3.63) is 52.8 Å². The van der Waals surface area contributed by atoms with Crippen LogP contribution in [0.1, 0.15) is 12.5 Å².